The fourth-order valence-corrected chi connectivity index (χ4v) is 8.31. The van der Waals surface area contributed by atoms with Crippen LogP contribution in [0.2, 0.25) is 0 Å². The molecule has 0 bridgehead atoms. The molecule has 0 radical (unpaired) electrons. The summed E-state index contributed by atoms with van der Waals surface area (Å²) in [6.45, 7) is 26.4. The number of carbonyl (C=O) groups is 2. The van der Waals surface area contributed by atoms with Crippen LogP contribution >= 0.6 is 0 Å². The number of carbonyl (C=O) groups excluding carboxylic acids is 2. The van der Waals surface area contributed by atoms with Crippen molar-refractivity contribution >= 4 is 11.9 Å². The summed E-state index contributed by atoms with van der Waals surface area (Å²) in [7, 11) is 0. The molecule has 2 unspecified atom stereocenters. The molecular weight excluding hydrogens is 604 g/mol. The second-order valence-electron chi connectivity index (χ2n) is 17.3. The van der Waals surface area contributed by atoms with Crippen molar-refractivity contribution in [1.29, 1.82) is 0 Å². The van der Waals surface area contributed by atoms with E-state index in [4.69, 9.17) is 19.1 Å². The third-order valence-electron chi connectivity index (χ3n) is 10.4. The topological polar surface area (TPSA) is 77.5 Å². The van der Waals surface area contributed by atoms with Crippen molar-refractivity contribution in [2.45, 2.75) is 245 Å². The molecule has 0 spiro atoms. The molecule has 8 nitrogen and oxygen atoms in total. The fraction of sp³-hybridized carbons (Fsp3) is 0.950. The third kappa shape index (κ3) is 13.5. The van der Waals surface area contributed by atoms with Gasteiger partial charge in [-0.05, 0) is 93.9 Å². The summed E-state index contributed by atoms with van der Waals surface area (Å²) in [5.41, 5.74) is -1.03. The van der Waals surface area contributed by atoms with Crippen LogP contribution in [0.5, 0.6) is 0 Å². The molecule has 0 amide bonds. The van der Waals surface area contributed by atoms with Gasteiger partial charge in [0.25, 0.3) is 0 Å². The first-order valence-electron chi connectivity index (χ1n) is 19.7. The normalized spacial score (nSPS) is 22.7. The molecule has 2 atom stereocenters. The van der Waals surface area contributed by atoms with Gasteiger partial charge in [0.05, 0.1) is 12.2 Å². The molecule has 0 saturated carbocycles. The number of hydroxylamine groups is 4. The maximum absolute atomic E-state index is 12.9. The molecule has 2 heterocycles. The van der Waals surface area contributed by atoms with Gasteiger partial charge in [0.15, 0.2) is 0 Å². The highest BCUT2D eigenvalue weighted by Gasteiger charge is 2.49. The molecule has 0 aromatic heterocycles. The Morgan fingerprint density at radius 1 is 0.542 bits per heavy atom. The standard InChI is InChI=1S/C40H76N2O6/c1-13-17-19-23-31(15-3)47-41-37(5,6)27-33(28-38(41,7)8)45-35(43)25-21-22-26-36(44)46-34-29-39(9,10)42(40(11,12)30-34)48-32(16-4)24-20-18-14-2/h31-34H,13-30H2,1-12H3. The first kappa shape index (κ1) is 42.9. The molecular formula is C40H76N2O6. The van der Waals surface area contributed by atoms with Crippen LogP contribution in [0.15, 0.2) is 0 Å². The summed E-state index contributed by atoms with van der Waals surface area (Å²) >= 11 is 0. The van der Waals surface area contributed by atoms with Gasteiger partial charge in [0, 0.05) is 60.7 Å². The van der Waals surface area contributed by atoms with E-state index in [1.54, 1.807) is 0 Å². The first-order chi connectivity index (χ1) is 22.4. The highest BCUT2D eigenvalue weighted by Crippen LogP contribution is 2.42. The molecule has 0 N–H and O–H groups in total. The van der Waals surface area contributed by atoms with E-state index in [-0.39, 0.29) is 58.5 Å². The number of rotatable bonds is 21. The second kappa shape index (κ2) is 19.4. The van der Waals surface area contributed by atoms with Crippen molar-refractivity contribution in [2.24, 2.45) is 0 Å². The largest absolute Gasteiger partial charge is 0.462 e. The molecule has 0 aromatic rings. The van der Waals surface area contributed by atoms with Gasteiger partial charge in [-0.2, -0.15) is 10.1 Å². The van der Waals surface area contributed by atoms with Crippen LogP contribution in [0.3, 0.4) is 0 Å². The summed E-state index contributed by atoms with van der Waals surface area (Å²) in [4.78, 5) is 39.0. The van der Waals surface area contributed by atoms with Crippen LogP contribution < -0.4 is 0 Å². The van der Waals surface area contributed by atoms with E-state index >= 15 is 0 Å². The smallest absolute Gasteiger partial charge is 0.306 e. The zero-order valence-corrected chi connectivity index (χ0v) is 33.4. The summed E-state index contributed by atoms with van der Waals surface area (Å²) in [5.74, 6) is -0.368. The lowest BCUT2D eigenvalue weighted by atomic mass is 9.80. The van der Waals surface area contributed by atoms with Gasteiger partial charge in [-0.15, -0.1) is 0 Å². The predicted molar refractivity (Wildman–Crippen MR) is 195 cm³/mol. The lowest BCUT2D eigenvalue weighted by Gasteiger charge is -2.54. The Balaban J connectivity index is 1.80. The maximum atomic E-state index is 12.9. The lowest BCUT2D eigenvalue weighted by molar-refractivity contribution is -0.316. The van der Waals surface area contributed by atoms with Gasteiger partial charge in [-0.3, -0.25) is 19.3 Å². The van der Waals surface area contributed by atoms with E-state index in [9.17, 15) is 9.59 Å². The number of piperidine rings is 2. The van der Waals surface area contributed by atoms with E-state index in [1.807, 2.05) is 0 Å². The van der Waals surface area contributed by atoms with Crippen LogP contribution in [0.25, 0.3) is 0 Å². The van der Waals surface area contributed by atoms with E-state index in [2.05, 4.69) is 93.2 Å². The zero-order chi connectivity index (χ0) is 36.2. The molecule has 2 saturated heterocycles. The van der Waals surface area contributed by atoms with Crippen molar-refractivity contribution in [2.75, 3.05) is 0 Å². The average molecular weight is 681 g/mol. The Hall–Kier alpha value is -1.22. The van der Waals surface area contributed by atoms with Crippen molar-refractivity contribution in [3.05, 3.63) is 0 Å². The molecule has 0 aromatic carbocycles. The van der Waals surface area contributed by atoms with Crippen LogP contribution in [0, 0.1) is 0 Å². The number of hydrogen-bond donors (Lipinski definition) is 0. The van der Waals surface area contributed by atoms with Crippen LogP contribution in [0.4, 0.5) is 0 Å². The van der Waals surface area contributed by atoms with Crippen molar-refractivity contribution in [3.8, 4) is 0 Å². The Morgan fingerprint density at radius 3 is 1.12 bits per heavy atom. The summed E-state index contributed by atoms with van der Waals surface area (Å²) in [6.07, 6.45) is 16.2. The number of esters is 2. The summed E-state index contributed by atoms with van der Waals surface area (Å²) in [5, 5.41) is 4.37. The van der Waals surface area contributed by atoms with Crippen molar-refractivity contribution < 1.29 is 28.7 Å². The highest BCUT2D eigenvalue weighted by atomic mass is 16.7. The highest BCUT2D eigenvalue weighted by molar-refractivity contribution is 5.71. The molecule has 48 heavy (non-hydrogen) atoms. The lowest BCUT2D eigenvalue weighted by Crippen LogP contribution is -2.62. The Labute approximate surface area is 295 Å². The number of unbranched alkanes of at least 4 members (excludes halogenated alkanes) is 5. The number of ether oxygens (including phenoxy) is 2. The summed E-state index contributed by atoms with van der Waals surface area (Å²) in [6, 6.07) is 0. The van der Waals surface area contributed by atoms with Gasteiger partial charge in [0.1, 0.15) is 12.2 Å². The summed E-state index contributed by atoms with van der Waals surface area (Å²) < 4.78 is 12.0. The average Bonchev–Trinajstić information content (AvgIpc) is 2.96. The third-order valence-corrected chi connectivity index (χ3v) is 10.4. The van der Waals surface area contributed by atoms with Crippen molar-refractivity contribution in [1.82, 2.24) is 10.1 Å². The minimum absolute atomic E-state index is 0.155. The maximum Gasteiger partial charge on any atom is 0.306 e. The van der Waals surface area contributed by atoms with Gasteiger partial charge in [-0.25, -0.2) is 0 Å². The first-order valence-corrected chi connectivity index (χ1v) is 19.7. The quantitative estimate of drug-likeness (QED) is 0.0876. The van der Waals surface area contributed by atoms with Gasteiger partial charge in [-0.1, -0.05) is 66.2 Å². The Kier molecular flexibility index (Phi) is 17.4. The van der Waals surface area contributed by atoms with E-state index in [1.165, 1.54) is 38.5 Å². The molecule has 2 rings (SSSR count). The van der Waals surface area contributed by atoms with Crippen molar-refractivity contribution in [3.63, 3.8) is 0 Å². The zero-order valence-electron chi connectivity index (χ0n) is 33.4. The van der Waals surface area contributed by atoms with Crippen LogP contribution in [-0.4, -0.2) is 68.6 Å². The SMILES string of the molecule is CCCCCC(CC)ON1C(C)(C)CC(OC(=O)CCCCC(=O)OC2CC(C)(C)N(OC(CC)CCCCC)C(C)(C)C2)CC1(C)C. The van der Waals surface area contributed by atoms with Gasteiger partial charge >= 0.3 is 11.9 Å². The van der Waals surface area contributed by atoms with E-state index in [0.29, 0.717) is 25.7 Å². The molecule has 8 heteroatoms. The molecule has 2 fully saturated rings. The monoisotopic (exact) mass is 681 g/mol. The minimum Gasteiger partial charge on any atom is -0.462 e. The molecule has 2 aliphatic rings. The molecule has 0 aliphatic carbocycles. The fourth-order valence-electron chi connectivity index (χ4n) is 8.31. The second-order valence-corrected chi connectivity index (χ2v) is 17.3. The van der Waals surface area contributed by atoms with Gasteiger partial charge < -0.3 is 9.47 Å². The molecule has 282 valence electrons. The van der Waals surface area contributed by atoms with Crippen LogP contribution in [-0.2, 0) is 28.7 Å². The minimum atomic E-state index is -0.258. The number of nitrogens with zero attached hydrogens (tertiary/aromatic N) is 2. The van der Waals surface area contributed by atoms with Crippen LogP contribution in [0.1, 0.15) is 199 Å². The Morgan fingerprint density at radius 2 is 0.854 bits per heavy atom. The Bertz CT molecular complexity index is 851. The van der Waals surface area contributed by atoms with Gasteiger partial charge in [0.2, 0.25) is 0 Å². The number of hydrogen-bond acceptors (Lipinski definition) is 8. The van der Waals surface area contributed by atoms with E-state index in [0.717, 1.165) is 51.4 Å². The predicted octanol–water partition coefficient (Wildman–Crippen LogP) is 10.3. The molecule has 2 aliphatic heterocycles. The van der Waals surface area contributed by atoms with E-state index < -0.39 is 0 Å².